The summed E-state index contributed by atoms with van der Waals surface area (Å²) in [7, 11) is 0. The van der Waals surface area contributed by atoms with E-state index in [9.17, 15) is 18.0 Å². The number of likely N-dealkylation sites (tertiary alicyclic amines) is 1. The average Bonchev–Trinajstić information content (AvgIpc) is 3.34. The van der Waals surface area contributed by atoms with Crippen LogP contribution in [0.2, 0.25) is 0 Å². The molecule has 4 aromatic rings. The van der Waals surface area contributed by atoms with Crippen LogP contribution in [-0.4, -0.2) is 45.6 Å². The van der Waals surface area contributed by atoms with Gasteiger partial charge in [-0.05, 0) is 97.2 Å². The first-order valence-corrected chi connectivity index (χ1v) is 13.9. The number of hydrogen-bond donors (Lipinski definition) is 1. The van der Waals surface area contributed by atoms with E-state index >= 15 is 0 Å². The Balaban J connectivity index is 1.43. The number of aromatic amines is 1. The number of nitrogens with zero attached hydrogens (tertiary/aromatic N) is 3. The minimum atomic E-state index is -0.964. The van der Waals surface area contributed by atoms with Gasteiger partial charge in [0.1, 0.15) is 5.82 Å². The molecule has 2 unspecified atom stereocenters. The number of H-pyrrole nitrogens is 1. The van der Waals surface area contributed by atoms with Crippen LogP contribution in [0.4, 0.5) is 18.0 Å². The molecule has 40 heavy (non-hydrogen) atoms. The molecular weight excluding hydrogens is 513 g/mol. The Morgan fingerprint density at radius 1 is 1.05 bits per heavy atom. The fourth-order valence-corrected chi connectivity index (χ4v) is 5.68. The van der Waals surface area contributed by atoms with E-state index in [1.807, 2.05) is 37.8 Å². The van der Waals surface area contributed by atoms with Gasteiger partial charge in [-0.1, -0.05) is 31.2 Å². The Hall–Kier alpha value is -3.81. The lowest BCUT2D eigenvalue weighted by atomic mass is 9.88. The van der Waals surface area contributed by atoms with Crippen molar-refractivity contribution in [3.05, 3.63) is 88.7 Å². The van der Waals surface area contributed by atoms with Crippen molar-refractivity contribution in [1.29, 1.82) is 0 Å². The number of alkyl halides is 1. The van der Waals surface area contributed by atoms with Gasteiger partial charge >= 0.3 is 6.03 Å². The summed E-state index contributed by atoms with van der Waals surface area (Å²) >= 11 is 0. The second-order valence-corrected chi connectivity index (χ2v) is 10.8. The van der Waals surface area contributed by atoms with E-state index < -0.39 is 24.4 Å². The quantitative estimate of drug-likeness (QED) is 0.255. The third-order valence-electron chi connectivity index (χ3n) is 7.91. The molecule has 1 N–H and O–H groups in total. The fraction of sp³-hybridized carbons (Fsp3) is 0.375. The first-order chi connectivity index (χ1) is 19.3. The fourth-order valence-electron chi connectivity index (χ4n) is 5.68. The number of nitrogens with one attached hydrogen (secondary N) is 1. The molecule has 1 fully saturated rings. The van der Waals surface area contributed by atoms with Gasteiger partial charge in [0, 0.05) is 19.6 Å². The third-order valence-corrected chi connectivity index (χ3v) is 7.91. The molecule has 1 aliphatic heterocycles. The second kappa shape index (κ2) is 11.7. The van der Waals surface area contributed by atoms with Gasteiger partial charge in [0.25, 0.3) is 0 Å². The highest BCUT2D eigenvalue weighted by Crippen LogP contribution is 2.36. The predicted molar refractivity (Wildman–Crippen MR) is 152 cm³/mol. The summed E-state index contributed by atoms with van der Waals surface area (Å²) < 4.78 is 41.5. The molecule has 0 saturated carbocycles. The number of aromatic nitrogens is 2. The molecule has 1 aliphatic rings. The largest absolute Gasteiger partial charge is 0.342 e. The SMILES string of the molecule is CCCN(Cc1cc(-c2ccc3nc(C)[nH]c3c2)ccc1C)C(=O)N1CCC(CF)CC1c1ccc(F)c(F)c1. The number of benzene rings is 3. The number of hydrogen-bond acceptors (Lipinski definition) is 2. The number of halogens is 3. The highest BCUT2D eigenvalue weighted by Gasteiger charge is 2.35. The molecule has 5 nitrogen and oxygen atoms in total. The van der Waals surface area contributed by atoms with Crippen molar-refractivity contribution in [2.75, 3.05) is 19.8 Å². The maximum Gasteiger partial charge on any atom is 0.320 e. The minimum absolute atomic E-state index is 0.173. The number of imidazole rings is 1. The maximum absolute atomic E-state index is 14.1. The lowest BCUT2D eigenvalue weighted by Crippen LogP contribution is -2.48. The second-order valence-electron chi connectivity index (χ2n) is 10.8. The van der Waals surface area contributed by atoms with Crippen LogP contribution < -0.4 is 0 Å². The van der Waals surface area contributed by atoms with Crippen molar-refractivity contribution in [3.8, 4) is 11.1 Å². The molecule has 2 amide bonds. The van der Waals surface area contributed by atoms with Crippen LogP contribution in [0.5, 0.6) is 0 Å². The predicted octanol–water partition coefficient (Wildman–Crippen LogP) is 7.88. The molecule has 210 valence electrons. The Kier molecular flexibility index (Phi) is 8.14. The summed E-state index contributed by atoms with van der Waals surface area (Å²) in [4.78, 5) is 25.3. The number of aryl methyl sites for hydroxylation is 2. The van der Waals surface area contributed by atoms with Gasteiger partial charge in [-0.3, -0.25) is 4.39 Å². The van der Waals surface area contributed by atoms with E-state index in [0.29, 0.717) is 38.0 Å². The summed E-state index contributed by atoms with van der Waals surface area (Å²) in [6.07, 6.45) is 1.67. The van der Waals surface area contributed by atoms with E-state index in [4.69, 9.17) is 0 Å². The van der Waals surface area contributed by atoms with Crippen LogP contribution >= 0.6 is 0 Å². The highest BCUT2D eigenvalue weighted by atomic mass is 19.2. The number of piperidine rings is 1. The smallest absolute Gasteiger partial charge is 0.320 e. The molecule has 1 aromatic heterocycles. The molecule has 0 spiro atoms. The van der Waals surface area contributed by atoms with Gasteiger partial charge in [0.05, 0.1) is 23.7 Å². The summed E-state index contributed by atoms with van der Waals surface area (Å²) in [6, 6.07) is 15.4. The van der Waals surface area contributed by atoms with Gasteiger partial charge in [-0.25, -0.2) is 18.6 Å². The zero-order valence-electron chi connectivity index (χ0n) is 23.2. The van der Waals surface area contributed by atoms with Crippen molar-refractivity contribution in [3.63, 3.8) is 0 Å². The normalized spacial score (nSPS) is 17.4. The molecule has 2 heterocycles. The molecular formula is C32H35F3N4O. The first kappa shape index (κ1) is 27.7. The van der Waals surface area contributed by atoms with Crippen molar-refractivity contribution in [2.24, 2.45) is 5.92 Å². The molecule has 1 saturated heterocycles. The van der Waals surface area contributed by atoms with Gasteiger partial charge < -0.3 is 14.8 Å². The van der Waals surface area contributed by atoms with Crippen molar-refractivity contribution >= 4 is 17.1 Å². The van der Waals surface area contributed by atoms with E-state index in [-0.39, 0.29) is 11.9 Å². The zero-order chi connectivity index (χ0) is 28.4. The number of carbonyl (C=O) groups is 1. The van der Waals surface area contributed by atoms with Crippen LogP contribution in [0.25, 0.3) is 22.2 Å². The van der Waals surface area contributed by atoms with E-state index in [1.54, 1.807) is 4.90 Å². The number of rotatable bonds is 7. The number of amides is 2. The van der Waals surface area contributed by atoms with E-state index in [1.165, 1.54) is 6.07 Å². The van der Waals surface area contributed by atoms with Crippen molar-refractivity contribution < 1.29 is 18.0 Å². The van der Waals surface area contributed by atoms with Crippen LogP contribution in [-0.2, 0) is 6.54 Å². The van der Waals surface area contributed by atoms with E-state index in [2.05, 4.69) is 34.2 Å². The van der Waals surface area contributed by atoms with E-state index in [0.717, 1.165) is 57.7 Å². The molecule has 3 aromatic carbocycles. The standard InChI is InChI=1S/C32H35F3N4O/c1-4-12-38(32(40)39-13-11-22(18-33)14-31(39)25-7-9-27(34)28(35)16-25)19-26-15-23(6-5-20(26)2)24-8-10-29-30(17-24)37-21(3)36-29/h5-10,15-17,22,31H,4,11-14,18-19H2,1-3H3,(H,36,37). The maximum atomic E-state index is 14.1. The Labute approximate surface area is 233 Å². The lowest BCUT2D eigenvalue weighted by molar-refractivity contribution is 0.0890. The summed E-state index contributed by atoms with van der Waals surface area (Å²) in [5.74, 6) is -1.27. The monoisotopic (exact) mass is 548 g/mol. The third kappa shape index (κ3) is 5.71. The summed E-state index contributed by atoms with van der Waals surface area (Å²) in [6.45, 7) is 6.79. The molecule has 2 atom stereocenters. The van der Waals surface area contributed by atoms with Crippen LogP contribution in [0, 0.1) is 31.4 Å². The highest BCUT2D eigenvalue weighted by molar-refractivity contribution is 5.82. The Morgan fingerprint density at radius 2 is 1.82 bits per heavy atom. The molecule has 0 radical (unpaired) electrons. The topological polar surface area (TPSA) is 52.2 Å². The van der Waals surface area contributed by atoms with Crippen molar-refractivity contribution in [1.82, 2.24) is 19.8 Å². The Bertz CT molecular complexity index is 1520. The molecule has 0 aliphatic carbocycles. The van der Waals surface area contributed by atoms with Crippen LogP contribution in [0.1, 0.15) is 54.7 Å². The van der Waals surface area contributed by atoms with Crippen LogP contribution in [0.15, 0.2) is 54.6 Å². The Morgan fingerprint density at radius 3 is 2.58 bits per heavy atom. The van der Waals surface area contributed by atoms with Crippen molar-refractivity contribution in [2.45, 2.75) is 52.6 Å². The number of urea groups is 1. The molecule has 8 heteroatoms. The molecule has 0 bridgehead atoms. The summed E-state index contributed by atoms with van der Waals surface area (Å²) in [5.41, 5.74) is 6.58. The zero-order valence-corrected chi connectivity index (χ0v) is 23.2. The van der Waals surface area contributed by atoms with Gasteiger partial charge in [-0.15, -0.1) is 0 Å². The number of carbonyl (C=O) groups excluding carboxylic acids is 1. The van der Waals surface area contributed by atoms with Gasteiger partial charge in [0.2, 0.25) is 0 Å². The summed E-state index contributed by atoms with van der Waals surface area (Å²) in [5, 5.41) is 0. The minimum Gasteiger partial charge on any atom is -0.342 e. The van der Waals surface area contributed by atoms with Gasteiger partial charge in [-0.2, -0.15) is 0 Å². The van der Waals surface area contributed by atoms with Gasteiger partial charge in [0.15, 0.2) is 11.6 Å². The van der Waals surface area contributed by atoms with Crippen LogP contribution in [0.3, 0.4) is 0 Å². The molecule has 5 rings (SSSR count). The number of fused-ring (bicyclic) bond motifs is 1. The first-order valence-electron chi connectivity index (χ1n) is 13.9. The average molecular weight is 549 g/mol. The lowest BCUT2D eigenvalue weighted by Gasteiger charge is -2.41.